The number of fused-ring (bicyclic) bond motifs is 1. The largest absolute Gasteiger partial charge is 0.393 e. The van der Waals surface area contributed by atoms with Gasteiger partial charge in [0.25, 0.3) is 0 Å². The number of aromatic nitrogens is 5. The van der Waals surface area contributed by atoms with Crippen molar-refractivity contribution < 1.29 is 0 Å². The highest BCUT2D eigenvalue weighted by atomic mass is 15.2. The van der Waals surface area contributed by atoms with E-state index in [0.717, 1.165) is 22.3 Å². The van der Waals surface area contributed by atoms with E-state index >= 15 is 0 Å². The summed E-state index contributed by atoms with van der Waals surface area (Å²) in [5, 5.41) is 26.1. The van der Waals surface area contributed by atoms with Crippen LogP contribution in [0.15, 0.2) is 67.4 Å². The minimum Gasteiger partial charge on any atom is -0.393 e. The number of nitrogens with one attached hydrogen (secondary N) is 4. The molecule has 0 spiro atoms. The van der Waals surface area contributed by atoms with Gasteiger partial charge in [-0.25, -0.2) is 4.98 Å². The molecule has 0 bridgehead atoms. The van der Waals surface area contributed by atoms with Crippen LogP contribution in [0, 0.1) is 5.41 Å². The lowest BCUT2D eigenvalue weighted by molar-refractivity contribution is 0.843. The van der Waals surface area contributed by atoms with Crippen molar-refractivity contribution in [1.82, 2.24) is 30.5 Å². The summed E-state index contributed by atoms with van der Waals surface area (Å²) in [6, 6.07) is 11.3. The molecule has 4 aromatic rings. The SMILES string of the molecule is CN/C=C(\C(=N)Nc1ccncc1)c1cnc2ccc(Nc3cc(C(C)C)cnn3)nc2c1. The molecule has 0 atom stereocenters. The highest BCUT2D eigenvalue weighted by molar-refractivity contribution is 6.26. The van der Waals surface area contributed by atoms with Crippen LogP contribution in [-0.4, -0.2) is 38.0 Å². The first-order valence-electron chi connectivity index (χ1n) is 10.5. The second kappa shape index (κ2) is 9.82. The second-order valence-corrected chi connectivity index (χ2v) is 7.70. The molecule has 9 nitrogen and oxygen atoms in total. The third-order valence-corrected chi connectivity index (χ3v) is 4.95. The van der Waals surface area contributed by atoms with E-state index in [1.807, 2.05) is 24.3 Å². The van der Waals surface area contributed by atoms with Gasteiger partial charge in [-0.1, -0.05) is 13.8 Å². The number of amidine groups is 1. The Hall–Kier alpha value is -4.40. The first kappa shape index (κ1) is 21.8. The Balaban J connectivity index is 1.62. The van der Waals surface area contributed by atoms with E-state index in [1.165, 1.54) is 0 Å². The van der Waals surface area contributed by atoms with Crippen LogP contribution in [-0.2, 0) is 0 Å². The Labute approximate surface area is 191 Å². The molecule has 9 heteroatoms. The molecule has 4 N–H and O–H groups in total. The van der Waals surface area contributed by atoms with E-state index in [0.29, 0.717) is 28.6 Å². The summed E-state index contributed by atoms with van der Waals surface area (Å²) >= 11 is 0. The van der Waals surface area contributed by atoms with E-state index in [4.69, 9.17) is 10.4 Å². The molecule has 4 aromatic heterocycles. The Morgan fingerprint density at radius 1 is 1.00 bits per heavy atom. The quantitative estimate of drug-likeness (QED) is 0.248. The average Bonchev–Trinajstić information content (AvgIpc) is 2.83. The lowest BCUT2D eigenvalue weighted by Gasteiger charge is -2.13. The van der Waals surface area contributed by atoms with Gasteiger partial charge in [0, 0.05) is 48.7 Å². The van der Waals surface area contributed by atoms with Crippen LogP contribution in [0.4, 0.5) is 17.3 Å². The molecule has 0 aromatic carbocycles. The number of nitrogens with zero attached hydrogens (tertiary/aromatic N) is 5. The maximum Gasteiger partial charge on any atom is 0.154 e. The molecule has 166 valence electrons. The fourth-order valence-corrected chi connectivity index (χ4v) is 3.20. The Kier molecular flexibility index (Phi) is 6.49. The fourth-order valence-electron chi connectivity index (χ4n) is 3.20. The van der Waals surface area contributed by atoms with Gasteiger partial charge in [-0.15, -0.1) is 5.10 Å². The molecule has 0 aliphatic rings. The number of rotatable bonds is 7. The van der Waals surface area contributed by atoms with Gasteiger partial charge in [-0.05, 0) is 47.9 Å². The Morgan fingerprint density at radius 2 is 1.82 bits per heavy atom. The molecule has 0 amide bonds. The predicted molar refractivity (Wildman–Crippen MR) is 132 cm³/mol. The fraction of sp³-hybridized carbons (Fsp3) is 0.167. The number of hydrogen-bond acceptors (Lipinski definition) is 8. The topological polar surface area (TPSA) is 124 Å². The molecule has 4 heterocycles. The summed E-state index contributed by atoms with van der Waals surface area (Å²) in [5.74, 6) is 1.86. The van der Waals surface area contributed by atoms with Crippen LogP contribution in [0.1, 0.15) is 30.9 Å². The molecule has 0 saturated heterocycles. The first-order chi connectivity index (χ1) is 16.0. The third kappa shape index (κ3) is 5.27. The van der Waals surface area contributed by atoms with Gasteiger partial charge in [0.1, 0.15) is 11.7 Å². The van der Waals surface area contributed by atoms with Crippen molar-refractivity contribution in [2.45, 2.75) is 19.8 Å². The van der Waals surface area contributed by atoms with E-state index in [2.05, 4.69) is 50.0 Å². The molecular weight excluding hydrogens is 414 g/mol. The zero-order valence-electron chi connectivity index (χ0n) is 18.7. The summed E-state index contributed by atoms with van der Waals surface area (Å²) in [6.07, 6.45) is 8.61. The summed E-state index contributed by atoms with van der Waals surface area (Å²) in [5.41, 5.74) is 4.74. The van der Waals surface area contributed by atoms with Crippen LogP contribution in [0.2, 0.25) is 0 Å². The summed E-state index contributed by atoms with van der Waals surface area (Å²) < 4.78 is 0. The smallest absolute Gasteiger partial charge is 0.154 e. The van der Waals surface area contributed by atoms with Crippen LogP contribution >= 0.6 is 0 Å². The lowest BCUT2D eigenvalue weighted by atomic mass is 10.1. The first-order valence-corrected chi connectivity index (χ1v) is 10.5. The Bertz CT molecular complexity index is 1300. The van der Waals surface area contributed by atoms with Gasteiger partial charge in [0.05, 0.1) is 17.2 Å². The van der Waals surface area contributed by atoms with Gasteiger partial charge in [0.15, 0.2) is 5.82 Å². The highest BCUT2D eigenvalue weighted by Crippen LogP contribution is 2.23. The molecule has 0 aliphatic heterocycles. The molecule has 0 radical (unpaired) electrons. The highest BCUT2D eigenvalue weighted by Gasteiger charge is 2.12. The van der Waals surface area contributed by atoms with Gasteiger partial charge >= 0.3 is 0 Å². The van der Waals surface area contributed by atoms with Crippen molar-refractivity contribution in [3.8, 4) is 0 Å². The maximum atomic E-state index is 8.56. The van der Waals surface area contributed by atoms with Gasteiger partial charge in [-0.2, -0.15) is 5.10 Å². The van der Waals surface area contributed by atoms with Gasteiger partial charge in [-0.3, -0.25) is 15.4 Å². The number of pyridine rings is 3. The normalized spacial score (nSPS) is 11.5. The molecule has 4 rings (SSSR count). The van der Waals surface area contributed by atoms with Crippen LogP contribution in [0.5, 0.6) is 0 Å². The van der Waals surface area contributed by atoms with Gasteiger partial charge < -0.3 is 16.0 Å². The second-order valence-electron chi connectivity index (χ2n) is 7.70. The molecule has 0 unspecified atom stereocenters. The van der Waals surface area contributed by atoms with Crippen molar-refractivity contribution in [3.63, 3.8) is 0 Å². The minimum absolute atomic E-state index is 0.228. The minimum atomic E-state index is 0.228. The maximum absolute atomic E-state index is 8.56. The Morgan fingerprint density at radius 3 is 2.58 bits per heavy atom. The van der Waals surface area contributed by atoms with E-state index in [1.54, 1.807) is 50.2 Å². The monoisotopic (exact) mass is 439 g/mol. The van der Waals surface area contributed by atoms with Crippen molar-refractivity contribution in [2.75, 3.05) is 17.7 Å². The van der Waals surface area contributed by atoms with E-state index in [9.17, 15) is 0 Å². The molecule has 33 heavy (non-hydrogen) atoms. The predicted octanol–water partition coefficient (Wildman–Crippen LogP) is 4.33. The van der Waals surface area contributed by atoms with Crippen molar-refractivity contribution >= 4 is 39.8 Å². The van der Waals surface area contributed by atoms with Crippen molar-refractivity contribution in [2.24, 2.45) is 0 Å². The third-order valence-electron chi connectivity index (χ3n) is 4.95. The molecule has 0 fully saturated rings. The molecule has 0 aliphatic carbocycles. The average molecular weight is 440 g/mol. The van der Waals surface area contributed by atoms with Crippen LogP contribution in [0.3, 0.4) is 0 Å². The van der Waals surface area contributed by atoms with Crippen molar-refractivity contribution in [1.29, 1.82) is 5.41 Å². The summed E-state index contributed by atoms with van der Waals surface area (Å²) in [7, 11) is 1.79. The molecular formula is C24H25N9. The lowest BCUT2D eigenvalue weighted by Crippen LogP contribution is -2.15. The summed E-state index contributed by atoms with van der Waals surface area (Å²) in [4.78, 5) is 13.2. The van der Waals surface area contributed by atoms with Crippen LogP contribution < -0.4 is 16.0 Å². The zero-order valence-corrected chi connectivity index (χ0v) is 18.7. The zero-order chi connectivity index (χ0) is 23.2. The number of hydrogen-bond donors (Lipinski definition) is 4. The molecule has 0 saturated carbocycles. The van der Waals surface area contributed by atoms with Crippen molar-refractivity contribution in [3.05, 3.63) is 78.5 Å². The van der Waals surface area contributed by atoms with E-state index < -0.39 is 0 Å². The standard InChI is InChI=1S/C24H25N9/c1-15(2)16-11-23(33-29-13-16)32-22-5-4-20-21(31-22)10-17(12-28-20)19(14-26-3)24(25)30-18-6-8-27-9-7-18/h4-15,26H,1-3H3,(H2,25,27,30)(H,31,32,33)/b19-14-. The summed E-state index contributed by atoms with van der Waals surface area (Å²) in [6.45, 7) is 4.22. The van der Waals surface area contributed by atoms with Crippen LogP contribution in [0.25, 0.3) is 16.6 Å². The van der Waals surface area contributed by atoms with Gasteiger partial charge in [0.2, 0.25) is 0 Å². The van der Waals surface area contributed by atoms with E-state index in [-0.39, 0.29) is 5.84 Å². The number of anilines is 3.